The predicted octanol–water partition coefficient (Wildman–Crippen LogP) is 0.233. The van der Waals surface area contributed by atoms with Gasteiger partial charge in [-0.25, -0.2) is 0 Å². The van der Waals surface area contributed by atoms with Crippen LogP contribution < -0.4 is 5.32 Å². The lowest BCUT2D eigenvalue weighted by atomic mass is 9.89. The summed E-state index contributed by atoms with van der Waals surface area (Å²) in [5.41, 5.74) is 0.248. The first-order valence-corrected chi connectivity index (χ1v) is 5.65. The van der Waals surface area contributed by atoms with E-state index in [4.69, 9.17) is 4.74 Å². The molecule has 1 amide bonds. The van der Waals surface area contributed by atoms with Crippen LogP contribution in [0.1, 0.15) is 19.8 Å². The maximum atomic E-state index is 11.6. The number of hydrogen-bond donors (Lipinski definition) is 1. The lowest BCUT2D eigenvalue weighted by Crippen LogP contribution is -2.49. The molecular weight excluding hydrogens is 192 g/mol. The number of ether oxygens (including phenoxy) is 1. The van der Waals surface area contributed by atoms with Gasteiger partial charge in [0.1, 0.15) is 0 Å². The van der Waals surface area contributed by atoms with Gasteiger partial charge in [0.25, 0.3) is 0 Å². The van der Waals surface area contributed by atoms with Gasteiger partial charge in [0.15, 0.2) is 0 Å². The van der Waals surface area contributed by atoms with Gasteiger partial charge in [-0.2, -0.15) is 0 Å². The van der Waals surface area contributed by atoms with Crippen molar-refractivity contribution < 1.29 is 9.53 Å². The number of likely N-dealkylation sites (N-methyl/N-ethyl adjacent to an activating group) is 1. The highest BCUT2D eigenvalue weighted by atomic mass is 16.5. The Bertz CT molecular complexity index is 247. The normalized spacial score (nSPS) is 23.3. The number of nitrogens with zero attached hydrogens (tertiary/aromatic N) is 1. The number of rotatable bonds is 5. The SMILES string of the molecule is CN(C(=O)CNCC1(C)COC1)C1CC1. The van der Waals surface area contributed by atoms with Gasteiger partial charge in [-0.05, 0) is 12.8 Å². The average Bonchev–Trinajstić information content (AvgIpc) is 2.97. The lowest BCUT2D eigenvalue weighted by Gasteiger charge is -2.38. The Morgan fingerprint density at radius 3 is 2.67 bits per heavy atom. The molecule has 0 aromatic rings. The molecule has 15 heavy (non-hydrogen) atoms. The molecule has 0 radical (unpaired) electrons. The minimum atomic E-state index is 0.210. The molecule has 86 valence electrons. The summed E-state index contributed by atoms with van der Waals surface area (Å²) in [4.78, 5) is 13.5. The number of nitrogens with one attached hydrogen (secondary N) is 1. The molecule has 0 aromatic heterocycles. The zero-order valence-corrected chi connectivity index (χ0v) is 9.58. The molecule has 1 heterocycles. The largest absolute Gasteiger partial charge is 0.380 e. The molecule has 0 spiro atoms. The number of carbonyl (C=O) groups excluding carboxylic acids is 1. The predicted molar refractivity (Wildman–Crippen MR) is 57.6 cm³/mol. The summed E-state index contributed by atoms with van der Waals surface area (Å²) in [7, 11) is 1.90. The monoisotopic (exact) mass is 212 g/mol. The molecule has 4 nitrogen and oxygen atoms in total. The van der Waals surface area contributed by atoms with Crippen molar-refractivity contribution in [3.05, 3.63) is 0 Å². The molecule has 1 aliphatic heterocycles. The van der Waals surface area contributed by atoms with Crippen molar-refractivity contribution in [2.45, 2.75) is 25.8 Å². The van der Waals surface area contributed by atoms with E-state index in [-0.39, 0.29) is 11.3 Å². The van der Waals surface area contributed by atoms with Gasteiger partial charge in [-0.15, -0.1) is 0 Å². The van der Waals surface area contributed by atoms with E-state index in [9.17, 15) is 4.79 Å². The number of carbonyl (C=O) groups is 1. The van der Waals surface area contributed by atoms with E-state index in [0.717, 1.165) is 19.8 Å². The van der Waals surface area contributed by atoms with Gasteiger partial charge in [0.2, 0.25) is 5.91 Å². The zero-order chi connectivity index (χ0) is 10.9. The molecule has 1 saturated heterocycles. The van der Waals surface area contributed by atoms with Crippen LogP contribution in [0.5, 0.6) is 0 Å². The maximum Gasteiger partial charge on any atom is 0.236 e. The summed E-state index contributed by atoms with van der Waals surface area (Å²) >= 11 is 0. The lowest BCUT2D eigenvalue weighted by molar-refractivity contribution is -0.130. The van der Waals surface area contributed by atoms with Crippen LogP contribution in [0.4, 0.5) is 0 Å². The second-order valence-electron chi connectivity index (χ2n) is 5.14. The molecule has 2 fully saturated rings. The molecule has 0 aromatic carbocycles. The standard InChI is InChI=1S/C11H20N2O2/c1-11(7-15-8-11)6-12-5-10(14)13(2)9-3-4-9/h9,12H,3-8H2,1-2H3. The first-order valence-electron chi connectivity index (χ1n) is 5.65. The maximum absolute atomic E-state index is 11.6. The third kappa shape index (κ3) is 2.69. The van der Waals surface area contributed by atoms with E-state index in [1.807, 2.05) is 11.9 Å². The number of hydrogen-bond acceptors (Lipinski definition) is 3. The van der Waals surface area contributed by atoms with Crippen molar-refractivity contribution >= 4 is 5.91 Å². The number of amides is 1. The second-order valence-corrected chi connectivity index (χ2v) is 5.14. The molecule has 2 aliphatic rings. The van der Waals surface area contributed by atoms with Crippen molar-refractivity contribution in [3.8, 4) is 0 Å². The van der Waals surface area contributed by atoms with E-state index >= 15 is 0 Å². The second kappa shape index (κ2) is 4.10. The van der Waals surface area contributed by atoms with Crippen molar-refractivity contribution in [1.29, 1.82) is 0 Å². The van der Waals surface area contributed by atoms with Gasteiger partial charge in [-0.3, -0.25) is 4.79 Å². The van der Waals surface area contributed by atoms with Crippen molar-refractivity contribution in [2.24, 2.45) is 5.41 Å². The summed E-state index contributed by atoms with van der Waals surface area (Å²) in [6.07, 6.45) is 2.35. The van der Waals surface area contributed by atoms with E-state index < -0.39 is 0 Å². The van der Waals surface area contributed by atoms with E-state index in [1.54, 1.807) is 0 Å². The van der Waals surface area contributed by atoms with Crippen LogP contribution in [0.25, 0.3) is 0 Å². The van der Waals surface area contributed by atoms with Crippen LogP contribution in [-0.4, -0.2) is 50.2 Å². The Morgan fingerprint density at radius 2 is 2.20 bits per heavy atom. The first-order chi connectivity index (χ1) is 7.11. The quantitative estimate of drug-likeness (QED) is 0.709. The van der Waals surface area contributed by atoms with Crippen LogP contribution in [0.2, 0.25) is 0 Å². The third-order valence-corrected chi connectivity index (χ3v) is 3.22. The summed E-state index contributed by atoms with van der Waals surface area (Å²) in [5, 5.41) is 3.22. The Labute approximate surface area is 91.0 Å². The van der Waals surface area contributed by atoms with Gasteiger partial charge >= 0.3 is 0 Å². The molecular formula is C11H20N2O2. The minimum Gasteiger partial charge on any atom is -0.380 e. The fraction of sp³-hybridized carbons (Fsp3) is 0.909. The first kappa shape index (κ1) is 10.9. The molecule has 0 bridgehead atoms. The Morgan fingerprint density at radius 1 is 1.53 bits per heavy atom. The van der Waals surface area contributed by atoms with Gasteiger partial charge < -0.3 is 15.0 Å². The Balaban J connectivity index is 1.62. The molecule has 4 heteroatoms. The van der Waals surface area contributed by atoms with Crippen molar-refractivity contribution in [1.82, 2.24) is 10.2 Å². The fourth-order valence-corrected chi connectivity index (χ4v) is 1.81. The zero-order valence-electron chi connectivity index (χ0n) is 9.58. The van der Waals surface area contributed by atoms with Crippen molar-refractivity contribution in [3.63, 3.8) is 0 Å². The molecule has 1 aliphatic carbocycles. The highest BCUT2D eigenvalue weighted by molar-refractivity contribution is 5.78. The fourth-order valence-electron chi connectivity index (χ4n) is 1.81. The van der Waals surface area contributed by atoms with E-state index in [0.29, 0.717) is 12.6 Å². The Kier molecular flexibility index (Phi) is 2.98. The highest BCUT2D eigenvalue weighted by Crippen LogP contribution is 2.26. The van der Waals surface area contributed by atoms with Gasteiger partial charge in [0.05, 0.1) is 19.8 Å². The topological polar surface area (TPSA) is 41.6 Å². The third-order valence-electron chi connectivity index (χ3n) is 3.22. The average molecular weight is 212 g/mol. The van der Waals surface area contributed by atoms with Gasteiger partial charge in [-0.1, -0.05) is 6.92 Å². The van der Waals surface area contributed by atoms with E-state index in [2.05, 4.69) is 12.2 Å². The van der Waals surface area contributed by atoms with Crippen LogP contribution in [0, 0.1) is 5.41 Å². The Hall–Kier alpha value is -0.610. The summed E-state index contributed by atoms with van der Waals surface area (Å²) in [6, 6.07) is 0.516. The van der Waals surface area contributed by atoms with Gasteiger partial charge in [0, 0.05) is 25.0 Å². The molecule has 0 atom stereocenters. The summed E-state index contributed by atoms with van der Waals surface area (Å²) in [6.45, 7) is 5.14. The minimum absolute atomic E-state index is 0.210. The van der Waals surface area contributed by atoms with Crippen LogP contribution in [-0.2, 0) is 9.53 Å². The summed E-state index contributed by atoms with van der Waals surface area (Å²) in [5.74, 6) is 0.210. The molecule has 1 saturated carbocycles. The smallest absolute Gasteiger partial charge is 0.236 e. The highest BCUT2D eigenvalue weighted by Gasteiger charge is 2.33. The van der Waals surface area contributed by atoms with Crippen LogP contribution in [0.3, 0.4) is 0 Å². The summed E-state index contributed by atoms with van der Waals surface area (Å²) < 4.78 is 5.16. The van der Waals surface area contributed by atoms with Crippen molar-refractivity contribution in [2.75, 3.05) is 33.4 Å². The molecule has 0 unspecified atom stereocenters. The van der Waals surface area contributed by atoms with E-state index in [1.165, 1.54) is 12.8 Å². The molecule has 2 rings (SSSR count). The van der Waals surface area contributed by atoms with Crippen LogP contribution in [0.15, 0.2) is 0 Å². The molecule has 1 N–H and O–H groups in total. The van der Waals surface area contributed by atoms with Crippen LogP contribution >= 0.6 is 0 Å².